The Bertz CT molecular complexity index is 547. The molecule has 2 aliphatic carbocycles. The van der Waals surface area contributed by atoms with Gasteiger partial charge in [-0.1, -0.05) is 83.6 Å². The molecule has 0 heterocycles. The van der Waals surface area contributed by atoms with Gasteiger partial charge in [0.15, 0.2) is 0 Å². The molecule has 1 atom stereocenters. The summed E-state index contributed by atoms with van der Waals surface area (Å²) in [5.41, 5.74) is 6.82. The van der Waals surface area contributed by atoms with Crippen molar-refractivity contribution >= 4 is 6.08 Å². The lowest BCUT2D eigenvalue weighted by Crippen LogP contribution is -2.09. The third-order valence-corrected chi connectivity index (χ3v) is 5.52. The first-order chi connectivity index (χ1) is 10.6. The summed E-state index contributed by atoms with van der Waals surface area (Å²) in [5.74, 6) is 0.690. The average molecular weight is 296 g/mol. The van der Waals surface area contributed by atoms with Crippen LogP contribution in [0, 0.1) is 5.41 Å². The molecular formula is C22H32. The molecular weight excluding hydrogens is 264 g/mol. The third kappa shape index (κ3) is 3.47. The summed E-state index contributed by atoms with van der Waals surface area (Å²) in [6, 6.07) is 5.03. The van der Waals surface area contributed by atoms with Crippen molar-refractivity contribution in [2.45, 2.75) is 84.5 Å². The maximum atomic E-state index is 2.54. The van der Waals surface area contributed by atoms with Gasteiger partial charge in [-0.2, -0.15) is 0 Å². The summed E-state index contributed by atoms with van der Waals surface area (Å²) >= 11 is 0. The van der Waals surface area contributed by atoms with Gasteiger partial charge >= 0.3 is 0 Å². The average Bonchev–Trinajstić information content (AvgIpc) is 2.98. The van der Waals surface area contributed by atoms with Crippen LogP contribution in [-0.4, -0.2) is 0 Å². The molecule has 1 unspecified atom stereocenters. The van der Waals surface area contributed by atoms with Crippen LogP contribution < -0.4 is 0 Å². The van der Waals surface area contributed by atoms with Crippen molar-refractivity contribution in [2.24, 2.45) is 5.41 Å². The van der Waals surface area contributed by atoms with E-state index in [2.05, 4.69) is 45.1 Å². The van der Waals surface area contributed by atoms with Crippen molar-refractivity contribution < 1.29 is 0 Å². The second kappa shape index (κ2) is 6.60. The molecule has 120 valence electrons. The minimum absolute atomic E-state index is 0.468. The fourth-order valence-corrected chi connectivity index (χ4v) is 4.34. The van der Waals surface area contributed by atoms with Crippen LogP contribution in [0.15, 0.2) is 18.2 Å². The van der Waals surface area contributed by atoms with Gasteiger partial charge < -0.3 is 0 Å². The number of allylic oxidation sites excluding steroid dienone is 1. The predicted molar refractivity (Wildman–Crippen MR) is 97.4 cm³/mol. The number of unbranched alkanes of at least 4 members (excludes halogenated alkanes) is 5. The normalized spacial score (nSPS) is 21.1. The molecule has 1 aromatic carbocycles. The Morgan fingerprint density at radius 1 is 0.955 bits per heavy atom. The van der Waals surface area contributed by atoms with Crippen molar-refractivity contribution in [3.05, 3.63) is 40.5 Å². The van der Waals surface area contributed by atoms with Crippen LogP contribution >= 0.6 is 0 Å². The highest BCUT2D eigenvalue weighted by molar-refractivity contribution is 5.65. The highest BCUT2D eigenvalue weighted by atomic mass is 14.3. The molecule has 0 fully saturated rings. The molecule has 0 saturated carbocycles. The second-order valence-electron chi connectivity index (χ2n) is 8.29. The first-order valence-corrected chi connectivity index (χ1v) is 9.43. The van der Waals surface area contributed by atoms with Gasteiger partial charge in [0, 0.05) is 5.92 Å². The van der Waals surface area contributed by atoms with E-state index in [1.165, 1.54) is 63.4 Å². The van der Waals surface area contributed by atoms with Crippen molar-refractivity contribution in [1.29, 1.82) is 0 Å². The zero-order valence-electron chi connectivity index (χ0n) is 14.8. The fraction of sp³-hybridized carbons (Fsp3) is 0.636. The van der Waals surface area contributed by atoms with E-state index < -0.39 is 0 Å². The van der Waals surface area contributed by atoms with Crippen LogP contribution in [-0.2, 0) is 12.8 Å². The highest BCUT2D eigenvalue weighted by Crippen LogP contribution is 2.42. The summed E-state index contributed by atoms with van der Waals surface area (Å²) in [7, 11) is 0. The van der Waals surface area contributed by atoms with Crippen LogP contribution in [0.1, 0.15) is 93.9 Å². The molecule has 2 aliphatic rings. The van der Waals surface area contributed by atoms with Gasteiger partial charge in [0.1, 0.15) is 0 Å². The van der Waals surface area contributed by atoms with Gasteiger partial charge in [0.05, 0.1) is 0 Å². The number of hydrogen-bond donors (Lipinski definition) is 0. The van der Waals surface area contributed by atoms with E-state index in [4.69, 9.17) is 0 Å². The van der Waals surface area contributed by atoms with Crippen LogP contribution in [0.5, 0.6) is 0 Å². The summed E-state index contributed by atoms with van der Waals surface area (Å²) in [6.45, 7) is 7.10. The van der Waals surface area contributed by atoms with Gasteiger partial charge in [0.2, 0.25) is 0 Å². The van der Waals surface area contributed by atoms with E-state index in [0.717, 1.165) is 0 Å². The first-order valence-electron chi connectivity index (χ1n) is 9.43. The zero-order valence-corrected chi connectivity index (χ0v) is 14.8. The van der Waals surface area contributed by atoms with E-state index in [1.807, 2.05) is 0 Å². The molecule has 0 spiro atoms. The molecule has 0 radical (unpaired) electrons. The monoisotopic (exact) mass is 296 g/mol. The Morgan fingerprint density at radius 3 is 2.41 bits per heavy atom. The van der Waals surface area contributed by atoms with Gasteiger partial charge in [-0.05, 0) is 46.9 Å². The van der Waals surface area contributed by atoms with Gasteiger partial charge in [-0.25, -0.2) is 0 Å². The Balaban J connectivity index is 1.58. The Hall–Kier alpha value is -1.04. The lowest BCUT2D eigenvalue weighted by atomic mass is 9.90. The summed E-state index contributed by atoms with van der Waals surface area (Å²) < 4.78 is 0. The fourth-order valence-electron chi connectivity index (χ4n) is 4.34. The molecule has 0 aliphatic heterocycles. The van der Waals surface area contributed by atoms with Crippen LogP contribution in [0.25, 0.3) is 6.08 Å². The summed E-state index contributed by atoms with van der Waals surface area (Å²) in [5, 5.41) is 0. The lowest BCUT2D eigenvalue weighted by molar-refractivity contribution is 0.392. The van der Waals surface area contributed by atoms with Gasteiger partial charge in [-0.15, -0.1) is 0 Å². The smallest absolute Gasteiger partial charge is 0.00273 e. The molecule has 0 N–H and O–H groups in total. The topological polar surface area (TPSA) is 0 Å². The molecule has 0 nitrogen and oxygen atoms in total. The molecule has 22 heavy (non-hydrogen) atoms. The summed E-state index contributed by atoms with van der Waals surface area (Å²) in [6.07, 6.45) is 17.1. The molecule has 0 aromatic heterocycles. The van der Waals surface area contributed by atoms with E-state index in [0.29, 0.717) is 11.3 Å². The maximum absolute atomic E-state index is 2.54. The maximum Gasteiger partial charge on any atom is 0.00273 e. The minimum atomic E-state index is 0.468. The molecule has 3 rings (SSSR count). The third-order valence-electron chi connectivity index (χ3n) is 5.52. The molecule has 0 heteroatoms. The predicted octanol–water partition coefficient (Wildman–Crippen LogP) is 6.67. The molecule has 1 aromatic rings. The van der Waals surface area contributed by atoms with Crippen LogP contribution in [0.2, 0.25) is 0 Å². The van der Waals surface area contributed by atoms with E-state index in [9.17, 15) is 0 Å². The summed E-state index contributed by atoms with van der Waals surface area (Å²) in [4.78, 5) is 0. The number of fused-ring (bicyclic) bond motifs is 2. The highest BCUT2D eigenvalue weighted by Gasteiger charge is 2.30. The first kappa shape index (κ1) is 15.8. The van der Waals surface area contributed by atoms with Gasteiger partial charge in [-0.3, -0.25) is 0 Å². The van der Waals surface area contributed by atoms with E-state index in [-0.39, 0.29) is 0 Å². The van der Waals surface area contributed by atoms with Crippen LogP contribution in [0.4, 0.5) is 0 Å². The van der Waals surface area contributed by atoms with Crippen molar-refractivity contribution in [1.82, 2.24) is 0 Å². The number of rotatable bonds is 7. The Labute approximate surface area is 137 Å². The van der Waals surface area contributed by atoms with Crippen LogP contribution in [0.3, 0.4) is 0 Å². The second-order valence-corrected chi connectivity index (χ2v) is 8.29. The van der Waals surface area contributed by atoms with Crippen molar-refractivity contribution in [2.75, 3.05) is 0 Å². The minimum Gasteiger partial charge on any atom is -0.0764 e. The number of hydrogen-bond acceptors (Lipinski definition) is 0. The quantitative estimate of drug-likeness (QED) is 0.493. The largest absolute Gasteiger partial charge is 0.0764 e. The van der Waals surface area contributed by atoms with Gasteiger partial charge in [0.25, 0.3) is 0 Å². The standard InChI is InChI=1S/C22H32/c1-4-5-6-7-8-9-10-17-11-12-18-13-19-15-22(2,3)16-20(19)14-21(17)18/h11-14,17H,4-10,15-16H2,1-3H3. The van der Waals surface area contributed by atoms with E-state index >= 15 is 0 Å². The Morgan fingerprint density at radius 2 is 1.64 bits per heavy atom. The zero-order chi connectivity index (χ0) is 15.6. The van der Waals surface area contributed by atoms with Crippen molar-refractivity contribution in [3.8, 4) is 0 Å². The van der Waals surface area contributed by atoms with Crippen molar-refractivity contribution in [3.63, 3.8) is 0 Å². The Kier molecular flexibility index (Phi) is 4.76. The number of benzene rings is 1. The van der Waals surface area contributed by atoms with E-state index in [1.54, 1.807) is 16.7 Å². The molecule has 0 amide bonds. The molecule has 0 bridgehead atoms. The molecule has 0 saturated heterocycles. The lowest BCUT2D eigenvalue weighted by Gasteiger charge is -2.15. The SMILES string of the molecule is CCCCCCCCC1C=Cc2cc3c(cc21)CC(C)(C)C3.